The summed E-state index contributed by atoms with van der Waals surface area (Å²) in [6.07, 6.45) is 1.22. The largest absolute Gasteiger partial charge is 0.431 e. The summed E-state index contributed by atoms with van der Waals surface area (Å²) in [6, 6.07) is 12.2. The number of carbonyl (C=O) groups excluding carboxylic acids is 13. The maximum Gasteiger partial charge on any atom is 0.411 e. The number of methoxy groups -OCH3 is 1. The predicted molar refractivity (Wildman–Crippen MR) is 477 cm³/mol. The van der Waals surface area contributed by atoms with Crippen molar-refractivity contribution in [1.82, 2.24) is 50.3 Å². The molecule has 3 saturated heterocycles. The Morgan fingerprint density at radius 2 is 1.30 bits per heavy atom. The first kappa shape index (κ1) is 107. The standard InChI is InChI=1S/C87H134N12O20S.C5H12/c1-14-59(8)80(72(114-13)54-77(108)98-35-19-23-68(98)67(55-100)60(9)69(101)52-64(83-90-34-49-120-83)50-61-20-16-15-17-21-61)95(11)84(110)66(56(2)3)53-71(103)79(58(6)7)96(12)87(113)119-81(85(111)97-39-37-94(10)38-40-97)62-24-26-65(27-25-62)92-82(109)63(22-18-32-91-86(88)112)51-70(102)78(57(4)5)93-74(105)31-41-115-43-45-117-47-48-118-46-44-116-42-33-89-73(104)30-36-99-75(106)28-29-76(99)107;1-5(2,3)4/h15-17,20-21,24-27,34,49,56-60,63-64,66-68,72,78-81,100H,14,18-19,22-23,28-33,35-48,50-55H2,1-13H3,(H,89,104)(H,92,109)(H,93,105)(H3,88,91,112);1-4H3/t59-,60+,63+,64+,66-,67+,68-,72+,78?,79-,80-,81?;/m0./s1. The highest BCUT2D eigenvalue weighted by Crippen LogP contribution is 2.37. The van der Waals surface area contributed by atoms with Gasteiger partial charge in [-0.2, -0.15) is 0 Å². The molecule has 0 spiro atoms. The number of ether oxygens (including phenoxy) is 6. The zero-order valence-corrected chi connectivity index (χ0v) is 78.1. The topological polar surface area (TPSA) is 404 Å². The highest BCUT2D eigenvalue weighted by Gasteiger charge is 2.45. The van der Waals surface area contributed by atoms with Gasteiger partial charge in [-0.05, 0) is 85.9 Å². The van der Waals surface area contributed by atoms with E-state index in [4.69, 9.17) is 34.2 Å². The fraction of sp³-hybridized carbons (Fsp3) is 0.696. The Morgan fingerprint density at radius 3 is 1.85 bits per heavy atom. The van der Waals surface area contributed by atoms with Crippen LogP contribution in [0, 0.1) is 52.8 Å². The molecule has 3 aliphatic heterocycles. The first-order valence-corrected chi connectivity index (χ1v) is 45.4. The van der Waals surface area contributed by atoms with Crippen molar-refractivity contribution >= 4 is 93.8 Å². The fourth-order valence-corrected chi connectivity index (χ4v) is 16.6. The van der Waals surface area contributed by atoms with E-state index < -0.39 is 107 Å². The van der Waals surface area contributed by atoms with Crippen LogP contribution in [0.15, 0.2) is 66.2 Å². The Labute approximate surface area is 744 Å². The van der Waals surface area contributed by atoms with Crippen molar-refractivity contribution in [2.45, 2.75) is 222 Å². The number of hydrogen-bond donors (Lipinski definition) is 6. The number of anilines is 1. The summed E-state index contributed by atoms with van der Waals surface area (Å²) < 4.78 is 34.6. The number of carbonyl (C=O) groups is 13. The third-order valence-electron chi connectivity index (χ3n) is 23.1. The number of nitrogens with one attached hydrogen (secondary N) is 4. The molecule has 3 fully saturated rings. The van der Waals surface area contributed by atoms with Crippen molar-refractivity contribution in [3.8, 4) is 0 Å². The number of ketones is 3. The van der Waals surface area contributed by atoms with Gasteiger partial charge >= 0.3 is 12.1 Å². The van der Waals surface area contributed by atoms with E-state index in [0.717, 1.165) is 15.5 Å². The van der Waals surface area contributed by atoms with Gasteiger partial charge in [-0.25, -0.2) is 14.6 Å². The van der Waals surface area contributed by atoms with Gasteiger partial charge in [-0.3, -0.25) is 57.6 Å². The maximum absolute atomic E-state index is 15.2. The number of benzene rings is 2. The summed E-state index contributed by atoms with van der Waals surface area (Å²) in [7, 11) is 6.53. The average Bonchev–Trinajstić information content (AvgIpc) is 1.79. The molecule has 2 unspecified atom stereocenters. The van der Waals surface area contributed by atoms with Gasteiger partial charge in [0.2, 0.25) is 47.5 Å². The van der Waals surface area contributed by atoms with Crippen molar-refractivity contribution in [3.63, 3.8) is 0 Å². The van der Waals surface area contributed by atoms with Crippen LogP contribution in [0.3, 0.4) is 0 Å². The van der Waals surface area contributed by atoms with Crippen molar-refractivity contribution in [2.24, 2.45) is 58.5 Å². The molecule has 3 aromatic rings. The molecule has 6 rings (SSSR count). The summed E-state index contributed by atoms with van der Waals surface area (Å²) in [4.78, 5) is 192. The number of hydrogen-bond acceptors (Lipinski definition) is 23. The molecule has 1 aromatic heterocycles. The number of aromatic nitrogens is 1. The SMILES string of the molecule is CC(C)(C)C.CC[C@H](C)[C@@H]([C@@H](CC(=O)N1CCC[C@H]1[C@H](CO)[C@@H](C)C(=O)C[C@@H](Cc1ccccc1)c1nccs1)OC)N(C)C(=O)[C@@H](CC(=O)[C@H](C(C)C)N(C)C(=O)OC(C(=O)N1CCN(C)CC1)c1ccc(NC(=O)[C@H](CCCNC(N)=O)CC(=O)C(NC(=O)CCOCCOCCOCCOCCNC(=O)CCN2C(=O)CCC2=O)C(C)C)cc1)C(C)C. The molecule has 0 aliphatic carbocycles. The molecule has 12 atom stereocenters. The number of imide groups is 1. The van der Waals surface area contributed by atoms with Crippen molar-refractivity contribution in [2.75, 3.05) is 145 Å². The van der Waals surface area contributed by atoms with E-state index in [1.807, 2.05) is 77.4 Å². The van der Waals surface area contributed by atoms with Crippen molar-refractivity contribution < 1.29 is 95.9 Å². The third-order valence-corrected chi connectivity index (χ3v) is 24.1. The van der Waals surface area contributed by atoms with Gasteiger partial charge in [0.05, 0.1) is 88.5 Å². The molecule has 0 bridgehead atoms. The summed E-state index contributed by atoms with van der Waals surface area (Å²) in [5.41, 5.74) is 7.45. The van der Waals surface area contributed by atoms with Crippen molar-refractivity contribution in [3.05, 3.63) is 82.3 Å². The normalized spacial score (nSPS) is 17.1. The number of amides is 11. The highest BCUT2D eigenvalue weighted by atomic mass is 32.1. The average molecular weight is 1770 g/mol. The number of likely N-dealkylation sites (tertiary alicyclic amines) is 2. The number of primary amides is 1. The number of nitrogens with zero attached hydrogens (tertiary/aromatic N) is 7. The van der Waals surface area contributed by atoms with Gasteiger partial charge in [0, 0.05) is 184 Å². The number of urea groups is 1. The molecule has 11 amide bonds. The van der Waals surface area contributed by atoms with Crippen LogP contribution in [0.25, 0.3) is 0 Å². The molecule has 125 heavy (non-hydrogen) atoms. The third kappa shape index (κ3) is 36.5. The van der Waals surface area contributed by atoms with E-state index in [-0.39, 0.29) is 207 Å². The van der Waals surface area contributed by atoms with Crippen LogP contribution in [-0.4, -0.2) is 287 Å². The van der Waals surface area contributed by atoms with E-state index in [0.29, 0.717) is 70.4 Å². The van der Waals surface area contributed by atoms with Crippen LogP contribution in [0.5, 0.6) is 0 Å². The number of aliphatic hydroxyl groups excluding tert-OH is 1. The van der Waals surface area contributed by atoms with Crippen LogP contribution < -0.4 is 27.0 Å². The summed E-state index contributed by atoms with van der Waals surface area (Å²) >= 11 is 1.51. The maximum atomic E-state index is 15.2. The molecule has 33 heteroatoms. The molecule has 700 valence electrons. The van der Waals surface area contributed by atoms with Gasteiger partial charge < -0.3 is 85.0 Å². The molecular formula is C92H146N12O20S. The number of nitrogens with two attached hydrogens (primary N) is 1. The van der Waals surface area contributed by atoms with Crippen LogP contribution in [-0.2, 0) is 87.6 Å². The van der Waals surface area contributed by atoms with Gasteiger partial charge in [0.1, 0.15) is 5.78 Å². The Morgan fingerprint density at radius 1 is 0.688 bits per heavy atom. The van der Waals surface area contributed by atoms with Gasteiger partial charge in [0.25, 0.3) is 5.91 Å². The molecule has 0 radical (unpaired) electrons. The number of aliphatic hydroxyl groups is 1. The number of rotatable bonds is 55. The molecule has 3 aliphatic rings. The first-order valence-electron chi connectivity index (χ1n) is 44.6. The Bertz CT molecular complexity index is 3840. The molecule has 0 saturated carbocycles. The number of thiazole rings is 1. The van der Waals surface area contributed by atoms with E-state index in [2.05, 4.69) is 58.8 Å². The Balaban J connectivity index is 0.00000538. The first-order chi connectivity index (χ1) is 59.3. The lowest BCUT2D eigenvalue weighted by Crippen LogP contribution is -2.54. The summed E-state index contributed by atoms with van der Waals surface area (Å²) in [5.74, 6) is -8.32. The molecule has 32 nitrogen and oxygen atoms in total. The van der Waals surface area contributed by atoms with Gasteiger partial charge in [-0.15, -0.1) is 11.3 Å². The highest BCUT2D eigenvalue weighted by molar-refractivity contribution is 7.09. The minimum Gasteiger partial charge on any atom is -0.431 e. The quantitative estimate of drug-likeness (QED) is 0.0226. The number of piperazine rings is 1. The van der Waals surface area contributed by atoms with Crippen LogP contribution >= 0.6 is 11.3 Å². The Kier molecular flexibility index (Phi) is 47.1. The minimum absolute atomic E-state index is 0.0149. The second-order valence-corrected chi connectivity index (χ2v) is 36.7. The lowest BCUT2D eigenvalue weighted by atomic mass is 9.80. The lowest BCUT2D eigenvalue weighted by molar-refractivity contribution is -0.148. The van der Waals surface area contributed by atoms with Crippen molar-refractivity contribution in [1.29, 1.82) is 0 Å². The minimum atomic E-state index is -1.52. The smallest absolute Gasteiger partial charge is 0.411 e. The monoisotopic (exact) mass is 1770 g/mol. The number of Topliss-reactive ketones (excluding diaryl/α,β-unsaturated/α-hetero) is 3. The van der Waals surface area contributed by atoms with Crippen LogP contribution in [0.4, 0.5) is 15.3 Å². The van der Waals surface area contributed by atoms with E-state index >= 15 is 9.59 Å². The fourth-order valence-electron chi connectivity index (χ4n) is 15.9. The van der Waals surface area contributed by atoms with E-state index in [1.165, 1.54) is 54.7 Å². The molecule has 4 heterocycles. The number of likely N-dealkylation sites (N-methyl/N-ethyl adjacent to an activating group) is 3. The second-order valence-electron chi connectivity index (χ2n) is 35.8. The molecule has 7 N–H and O–H groups in total. The zero-order chi connectivity index (χ0) is 92.6. The lowest BCUT2D eigenvalue weighted by Gasteiger charge is -2.41. The summed E-state index contributed by atoms with van der Waals surface area (Å²) in [6.45, 7) is 29.5. The predicted octanol–water partition coefficient (Wildman–Crippen LogP) is 9.05. The summed E-state index contributed by atoms with van der Waals surface area (Å²) in [5, 5.41) is 24.7. The van der Waals surface area contributed by atoms with Crippen LogP contribution in [0.2, 0.25) is 0 Å². The van der Waals surface area contributed by atoms with Crippen LogP contribution in [0.1, 0.15) is 202 Å². The van der Waals surface area contributed by atoms with Gasteiger partial charge in [-0.1, -0.05) is 139 Å². The molecular weight excluding hydrogens is 1630 g/mol. The van der Waals surface area contributed by atoms with E-state index in [9.17, 15) is 57.8 Å². The Hall–Kier alpha value is -8.70. The second kappa shape index (κ2) is 55.1. The van der Waals surface area contributed by atoms with E-state index in [1.54, 1.807) is 55.6 Å². The van der Waals surface area contributed by atoms with Gasteiger partial charge in [0.15, 0.2) is 11.6 Å². The molecule has 2 aromatic carbocycles. The zero-order valence-electron chi connectivity index (χ0n) is 77.3.